The number of pyridine rings is 1. The minimum absolute atomic E-state index is 0.0225. The second kappa shape index (κ2) is 6.25. The van der Waals surface area contributed by atoms with Crippen molar-refractivity contribution in [1.82, 2.24) is 19.4 Å². The Morgan fingerprint density at radius 3 is 2.77 bits per heavy atom. The Kier molecular flexibility index (Phi) is 4.03. The number of aromatic nitrogens is 2. The molecule has 1 N–H and O–H groups in total. The third kappa shape index (κ3) is 2.68. The van der Waals surface area contributed by atoms with Crippen LogP contribution in [0.15, 0.2) is 42.9 Å². The molecule has 0 aromatic carbocycles. The standard InChI is InChI=1S/C19H22N4O3/c1-14(24)22-10-15-9-21(12-19(15,13-22)18(25)26)11-17-5-3-7-23(17)16-4-2-6-20-8-16/h2-8,15H,9-13H2,1H3,(H,25,26)/t15-,19-/m1/s1. The fourth-order valence-electron chi connectivity index (χ4n) is 4.35. The average molecular weight is 354 g/mol. The van der Waals surface area contributed by atoms with E-state index in [9.17, 15) is 14.7 Å². The Balaban J connectivity index is 1.54. The molecule has 0 radical (unpaired) electrons. The molecule has 2 atom stereocenters. The summed E-state index contributed by atoms with van der Waals surface area (Å²) in [6.45, 7) is 4.18. The summed E-state index contributed by atoms with van der Waals surface area (Å²) in [5.41, 5.74) is 1.24. The summed E-state index contributed by atoms with van der Waals surface area (Å²) in [5, 5.41) is 9.87. The van der Waals surface area contributed by atoms with Gasteiger partial charge in [-0.2, -0.15) is 0 Å². The number of amides is 1. The van der Waals surface area contributed by atoms with E-state index >= 15 is 0 Å². The summed E-state index contributed by atoms with van der Waals surface area (Å²) in [6, 6.07) is 7.94. The summed E-state index contributed by atoms with van der Waals surface area (Å²) < 4.78 is 2.08. The minimum atomic E-state index is -0.850. The van der Waals surface area contributed by atoms with Crippen molar-refractivity contribution in [3.8, 4) is 5.69 Å². The molecule has 0 saturated carbocycles. The average Bonchev–Trinajstić information content (AvgIpc) is 3.28. The number of carboxylic acid groups (broad SMARTS) is 1. The van der Waals surface area contributed by atoms with Crippen LogP contribution in [0, 0.1) is 11.3 Å². The molecule has 4 heterocycles. The Morgan fingerprint density at radius 2 is 2.12 bits per heavy atom. The Morgan fingerprint density at radius 1 is 1.27 bits per heavy atom. The fraction of sp³-hybridized carbons (Fsp3) is 0.421. The van der Waals surface area contributed by atoms with Crippen LogP contribution in [0.4, 0.5) is 0 Å². The van der Waals surface area contributed by atoms with Gasteiger partial charge in [-0.15, -0.1) is 0 Å². The van der Waals surface area contributed by atoms with Crippen molar-refractivity contribution in [3.05, 3.63) is 48.5 Å². The molecular weight excluding hydrogens is 332 g/mol. The lowest BCUT2D eigenvalue weighted by Gasteiger charge is -2.25. The molecule has 2 saturated heterocycles. The number of aliphatic carboxylic acids is 1. The number of rotatable bonds is 4. The van der Waals surface area contributed by atoms with Crippen LogP contribution < -0.4 is 0 Å². The van der Waals surface area contributed by atoms with Crippen molar-refractivity contribution < 1.29 is 14.7 Å². The van der Waals surface area contributed by atoms with Gasteiger partial charge in [0, 0.05) is 63.7 Å². The van der Waals surface area contributed by atoms with Gasteiger partial charge in [0.05, 0.1) is 11.9 Å². The first kappa shape index (κ1) is 16.8. The maximum absolute atomic E-state index is 12.0. The molecule has 0 unspecified atom stereocenters. The first-order valence-electron chi connectivity index (χ1n) is 8.77. The number of carboxylic acids is 1. The highest BCUT2D eigenvalue weighted by atomic mass is 16.4. The van der Waals surface area contributed by atoms with Gasteiger partial charge in [-0.1, -0.05) is 0 Å². The number of hydrogen-bond donors (Lipinski definition) is 1. The third-order valence-corrected chi connectivity index (χ3v) is 5.69. The second-order valence-corrected chi connectivity index (χ2v) is 7.31. The molecule has 0 spiro atoms. The summed E-state index contributed by atoms with van der Waals surface area (Å²) in [5.74, 6) is -0.862. The van der Waals surface area contributed by atoms with E-state index in [4.69, 9.17) is 0 Å². The van der Waals surface area contributed by atoms with Gasteiger partial charge in [-0.05, 0) is 24.3 Å². The predicted molar refractivity (Wildman–Crippen MR) is 94.7 cm³/mol. The van der Waals surface area contributed by atoms with E-state index in [-0.39, 0.29) is 11.8 Å². The smallest absolute Gasteiger partial charge is 0.313 e. The van der Waals surface area contributed by atoms with Crippen molar-refractivity contribution in [2.24, 2.45) is 11.3 Å². The molecule has 1 amide bonds. The highest BCUT2D eigenvalue weighted by molar-refractivity contribution is 5.80. The minimum Gasteiger partial charge on any atom is -0.481 e. The van der Waals surface area contributed by atoms with Crippen molar-refractivity contribution in [2.75, 3.05) is 26.2 Å². The van der Waals surface area contributed by atoms with Crippen LogP contribution in [0.25, 0.3) is 5.69 Å². The molecule has 2 aromatic rings. The molecule has 2 aromatic heterocycles. The molecule has 7 heteroatoms. The molecule has 0 aliphatic carbocycles. The van der Waals surface area contributed by atoms with Crippen LogP contribution in [0.1, 0.15) is 12.6 Å². The van der Waals surface area contributed by atoms with Crippen molar-refractivity contribution in [3.63, 3.8) is 0 Å². The topological polar surface area (TPSA) is 78.7 Å². The highest BCUT2D eigenvalue weighted by Gasteiger charge is 2.58. The van der Waals surface area contributed by atoms with Crippen molar-refractivity contribution in [1.29, 1.82) is 0 Å². The van der Waals surface area contributed by atoms with Crippen LogP contribution >= 0.6 is 0 Å². The zero-order valence-corrected chi connectivity index (χ0v) is 14.7. The van der Waals surface area contributed by atoms with Gasteiger partial charge in [0.2, 0.25) is 5.91 Å². The predicted octanol–water partition coefficient (Wildman–Crippen LogP) is 1.24. The van der Waals surface area contributed by atoms with Crippen LogP contribution in [-0.2, 0) is 16.1 Å². The van der Waals surface area contributed by atoms with Crippen LogP contribution in [0.5, 0.6) is 0 Å². The number of nitrogens with zero attached hydrogens (tertiary/aromatic N) is 4. The van der Waals surface area contributed by atoms with Crippen molar-refractivity contribution >= 4 is 11.9 Å². The lowest BCUT2D eigenvalue weighted by atomic mass is 9.81. The fourth-order valence-corrected chi connectivity index (χ4v) is 4.35. The molecule has 2 fully saturated rings. The molecule has 2 aliphatic heterocycles. The van der Waals surface area contributed by atoms with E-state index < -0.39 is 11.4 Å². The van der Waals surface area contributed by atoms with Crippen LogP contribution in [0.3, 0.4) is 0 Å². The van der Waals surface area contributed by atoms with Gasteiger partial charge in [0.25, 0.3) is 0 Å². The molecule has 26 heavy (non-hydrogen) atoms. The summed E-state index contributed by atoms with van der Waals surface area (Å²) in [7, 11) is 0. The third-order valence-electron chi connectivity index (χ3n) is 5.69. The number of carbonyl (C=O) groups excluding carboxylic acids is 1. The molecule has 2 aliphatic rings. The Bertz CT molecular complexity index is 834. The van der Waals surface area contributed by atoms with Gasteiger partial charge in [-0.3, -0.25) is 19.5 Å². The second-order valence-electron chi connectivity index (χ2n) is 7.31. The molecule has 136 valence electrons. The molecule has 0 bridgehead atoms. The first-order chi connectivity index (χ1) is 12.5. The van der Waals surface area contributed by atoms with E-state index in [1.165, 1.54) is 6.92 Å². The van der Waals surface area contributed by atoms with Gasteiger partial charge in [0.15, 0.2) is 0 Å². The number of carbonyl (C=O) groups is 2. The van der Waals surface area contributed by atoms with Gasteiger partial charge in [-0.25, -0.2) is 0 Å². The quantitative estimate of drug-likeness (QED) is 0.894. The summed E-state index contributed by atoms with van der Waals surface area (Å²) in [4.78, 5) is 31.8. The van der Waals surface area contributed by atoms with E-state index in [1.807, 2.05) is 30.6 Å². The van der Waals surface area contributed by atoms with E-state index in [0.717, 1.165) is 11.4 Å². The number of likely N-dealkylation sites (tertiary alicyclic amines) is 2. The molecule has 7 nitrogen and oxygen atoms in total. The maximum Gasteiger partial charge on any atom is 0.313 e. The van der Waals surface area contributed by atoms with Crippen LogP contribution in [0.2, 0.25) is 0 Å². The molecule has 4 rings (SSSR count). The van der Waals surface area contributed by atoms with Crippen molar-refractivity contribution in [2.45, 2.75) is 13.5 Å². The number of fused-ring (bicyclic) bond motifs is 1. The number of hydrogen-bond acceptors (Lipinski definition) is 4. The zero-order chi connectivity index (χ0) is 18.3. The first-order valence-corrected chi connectivity index (χ1v) is 8.77. The monoisotopic (exact) mass is 354 g/mol. The van der Waals surface area contributed by atoms with E-state index in [0.29, 0.717) is 32.7 Å². The Hall–Kier alpha value is -2.67. The van der Waals surface area contributed by atoms with E-state index in [1.54, 1.807) is 11.1 Å². The largest absolute Gasteiger partial charge is 0.481 e. The normalized spacial score (nSPS) is 25.4. The SMILES string of the molecule is CC(=O)N1C[C@H]2CN(Cc3cccn3-c3cccnc3)C[C@@]2(C(=O)O)C1. The van der Waals surface area contributed by atoms with Gasteiger partial charge in [0.1, 0.15) is 5.41 Å². The van der Waals surface area contributed by atoms with Gasteiger partial charge >= 0.3 is 5.97 Å². The van der Waals surface area contributed by atoms with Crippen LogP contribution in [-0.4, -0.2) is 62.5 Å². The summed E-state index contributed by atoms with van der Waals surface area (Å²) >= 11 is 0. The lowest BCUT2D eigenvalue weighted by Crippen LogP contribution is -2.41. The van der Waals surface area contributed by atoms with Gasteiger partial charge < -0.3 is 14.6 Å². The zero-order valence-electron chi connectivity index (χ0n) is 14.7. The lowest BCUT2D eigenvalue weighted by molar-refractivity contribution is -0.149. The highest BCUT2D eigenvalue weighted by Crippen LogP contribution is 2.43. The van der Waals surface area contributed by atoms with E-state index in [2.05, 4.69) is 20.5 Å². The maximum atomic E-state index is 12.0. The summed E-state index contributed by atoms with van der Waals surface area (Å²) in [6.07, 6.45) is 5.55. The Labute approximate surface area is 151 Å². The molecular formula is C19H22N4O3.